The summed E-state index contributed by atoms with van der Waals surface area (Å²) >= 11 is 0. The van der Waals surface area contributed by atoms with Crippen LogP contribution in [-0.4, -0.2) is 47.6 Å². The molecule has 8 nitrogen and oxygen atoms in total. The van der Waals surface area contributed by atoms with E-state index >= 15 is 0 Å². The van der Waals surface area contributed by atoms with Crippen LogP contribution in [0.2, 0.25) is 0 Å². The molecule has 0 aliphatic heterocycles. The van der Waals surface area contributed by atoms with Gasteiger partial charge in [-0.15, -0.1) is 0 Å². The minimum absolute atomic E-state index is 0.363. The van der Waals surface area contributed by atoms with Gasteiger partial charge in [-0.05, 0) is 48.9 Å². The van der Waals surface area contributed by atoms with Crippen molar-refractivity contribution >= 4 is 27.3 Å². The number of carbonyl (C=O) groups is 1. The van der Waals surface area contributed by atoms with E-state index in [0.717, 1.165) is 16.1 Å². The predicted molar refractivity (Wildman–Crippen MR) is 114 cm³/mol. The van der Waals surface area contributed by atoms with E-state index < -0.39 is 15.9 Å². The molecule has 0 fully saturated rings. The first kappa shape index (κ1) is 22.2. The van der Waals surface area contributed by atoms with Crippen molar-refractivity contribution in [1.29, 1.82) is 0 Å². The molecular weight excluding hydrogens is 394 g/mol. The first-order chi connectivity index (χ1) is 13.7. The van der Waals surface area contributed by atoms with Gasteiger partial charge in [0, 0.05) is 18.2 Å². The van der Waals surface area contributed by atoms with Crippen molar-refractivity contribution in [3.05, 3.63) is 53.6 Å². The summed E-state index contributed by atoms with van der Waals surface area (Å²) in [7, 11) is 1.20. The van der Waals surface area contributed by atoms with Gasteiger partial charge in [0.25, 0.3) is 5.91 Å². The number of methoxy groups -OCH3 is 2. The molecule has 0 aliphatic rings. The quantitative estimate of drug-likeness (QED) is 0.524. The van der Waals surface area contributed by atoms with Gasteiger partial charge in [-0.3, -0.25) is 9.10 Å². The van der Waals surface area contributed by atoms with Crippen molar-refractivity contribution in [3.8, 4) is 11.5 Å². The largest absolute Gasteiger partial charge is 0.493 e. The second-order valence-electron chi connectivity index (χ2n) is 6.20. The summed E-state index contributed by atoms with van der Waals surface area (Å²) < 4.78 is 34.9. The molecule has 0 saturated carbocycles. The molecule has 0 unspecified atom stereocenters. The van der Waals surface area contributed by atoms with Crippen LogP contribution in [0.25, 0.3) is 0 Å². The highest BCUT2D eigenvalue weighted by Crippen LogP contribution is 2.28. The first-order valence-corrected chi connectivity index (χ1v) is 10.7. The van der Waals surface area contributed by atoms with Crippen LogP contribution < -0.4 is 19.2 Å². The Labute approximate surface area is 171 Å². The molecule has 29 heavy (non-hydrogen) atoms. The zero-order chi connectivity index (χ0) is 21.6. The van der Waals surface area contributed by atoms with Gasteiger partial charge in [0.05, 0.1) is 31.9 Å². The molecule has 0 atom stereocenters. The summed E-state index contributed by atoms with van der Waals surface area (Å²) in [6, 6.07) is 11.6. The molecule has 2 aromatic rings. The van der Waals surface area contributed by atoms with Crippen LogP contribution in [0.15, 0.2) is 47.6 Å². The number of hydrogen-bond acceptors (Lipinski definition) is 6. The van der Waals surface area contributed by atoms with Crippen LogP contribution in [0.4, 0.5) is 5.69 Å². The van der Waals surface area contributed by atoms with Crippen molar-refractivity contribution < 1.29 is 22.7 Å². The van der Waals surface area contributed by atoms with Crippen LogP contribution in [0, 0.1) is 0 Å². The molecule has 0 aliphatic carbocycles. The summed E-state index contributed by atoms with van der Waals surface area (Å²) in [5.74, 6) is 0.780. The van der Waals surface area contributed by atoms with Gasteiger partial charge in [-0.25, -0.2) is 13.8 Å². The van der Waals surface area contributed by atoms with Crippen molar-refractivity contribution in [2.75, 3.05) is 31.8 Å². The monoisotopic (exact) mass is 419 g/mol. The molecule has 0 aromatic heterocycles. The molecule has 0 saturated heterocycles. The zero-order valence-electron chi connectivity index (χ0n) is 17.1. The fraction of sp³-hybridized carbons (Fsp3) is 0.300. The summed E-state index contributed by atoms with van der Waals surface area (Å²) in [5, 5.41) is 4.23. The van der Waals surface area contributed by atoms with Crippen LogP contribution in [0.3, 0.4) is 0 Å². The van der Waals surface area contributed by atoms with Crippen LogP contribution in [0.1, 0.15) is 29.3 Å². The van der Waals surface area contributed by atoms with Gasteiger partial charge in [0.1, 0.15) is 0 Å². The fourth-order valence-electron chi connectivity index (χ4n) is 2.56. The van der Waals surface area contributed by atoms with E-state index in [2.05, 4.69) is 10.5 Å². The number of hydrazone groups is 1. The predicted octanol–water partition coefficient (Wildman–Crippen LogP) is 2.64. The van der Waals surface area contributed by atoms with Gasteiger partial charge >= 0.3 is 0 Å². The number of hydrogen-bond donors (Lipinski definition) is 1. The average molecular weight is 420 g/mol. The fourth-order valence-corrected chi connectivity index (χ4v) is 3.07. The normalized spacial score (nSPS) is 11.7. The maximum atomic E-state index is 12.4. The lowest BCUT2D eigenvalue weighted by Crippen LogP contribution is -2.25. The molecular formula is C20H25N3O5S. The lowest BCUT2D eigenvalue weighted by molar-refractivity contribution is 0.0955. The van der Waals surface area contributed by atoms with Gasteiger partial charge in [-0.2, -0.15) is 5.10 Å². The molecule has 2 aromatic carbocycles. The maximum Gasteiger partial charge on any atom is 0.271 e. The van der Waals surface area contributed by atoms with Crippen LogP contribution in [0.5, 0.6) is 11.5 Å². The lowest BCUT2D eigenvalue weighted by atomic mass is 10.1. The molecule has 9 heteroatoms. The van der Waals surface area contributed by atoms with Crippen LogP contribution in [-0.2, 0) is 10.0 Å². The Kier molecular flexibility index (Phi) is 7.22. The van der Waals surface area contributed by atoms with Gasteiger partial charge < -0.3 is 9.47 Å². The standard InChI is InChI=1S/C20H25N3O5S/c1-6-17(15-9-12-18(27-3)19(13-15)28-4)21-22-20(24)14-7-10-16(11-8-14)23(2)29(5,25)26/h7-13H,6H2,1-5H3,(H,22,24)/b21-17-. The van der Waals surface area contributed by atoms with E-state index in [1.807, 2.05) is 13.0 Å². The van der Waals surface area contributed by atoms with E-state index in [0.29, 0.717) is 34.9 Å². The third kappa shape index (κ3) is 5.47. The smallest absolute Gasteiger partial charge is 0.271 e. The second-order valence-corrected chi connectivity index (χ2v) is 8.21. The number of anilines is 1. The molecule has 0 spiro atoms. The number of ether oxygens (including phenoxy) is 2. The Morgan fingerprint density at radius 1 is 1.03 bits per heavy atom. The summed E-state index contributed by atoms with van der Waals surface area (Å²) in [4.78, 5) is 12.4. The maximum absolute atomic E-state index is 12.4. The highest BCUT2D eigenvalue weighted by molar-refractivity contribution is 7.92. The number of carbonyl (C=O) groups excluding carboxylic acids is 1. The molecule has 0 radical (unpaired) electrons. The van der Waals surface area contributed by atoms with E-state index in [4.69, 9.17) is 9.47 Å². The number of benzene rings is 2. The lowest BCUT2D eigenvalue weighted by Gasteiger charge is -2.16. The van der Waals surface area contributed by atoms with Crippen molar-refractivity contribution in [3.63, 3.8) is 0 Å². The second kappa shape index (κ2) is 9.42. The molecule has 2 rings (SSSR count). The zero-order valence-corrected chi connectivity index (χ0v) is 17.9. The number of amides is 1. The highest BCUT2D eigenvalue weighted by Gasteiger charge is 2.13. The Hall–Kier alpha value is -3.07. The summed E-state index contributed by atoms with van der Waals surface area (Å²) in [6.07, 6.45) is 1.70. The molecule has 0 heterocycles. The van der Waals surface area contributed by atoms with E-state index in [-0.39, 0.29) is 0 Å². The van der Waals surface area contributed by atoms with Crippen molar-refractivity contribution in [2.24, 2.45) is 5.10 Å². The number of sulfonamides is 1. The highest BCUT2D eigenvalue weighted by atomic mass is 32.2. The number of nitrogens with one attached hydrogen (secondary N) is 1. The Bertz CT molecular complexity index is 1000. The minimum Gasteiger partial charge on any atom is -0.493 e. The molecule has 156 valence electrons. The molecule has 1 amide bonds. The molecule has 1 N–H and O–H groups in total. The van der Waals surface area contributed by atoms with Gasteiger partial charge in [0.15, 0.2) is 11.5 Å². The summed E-state index contributed by atoms with van der Waals surface area (Å²) in [5.41, 5.74) is 4.84. The first-order valence-electron chi connectivity index (χ1n) is 8.84. The minimum atomic E-state index is -3.36. The third-order valence-corrected chi connectivity index (χ3v) is 5.54. The van der Waals surface area contributed by atoms with E-state index in [9.17, 15) is 13.2 Å². The Balaban J connectivity index is 2.18. The van der Waals surface area contributed by atoms with Gasteiger partial charge in [-0.1, -0.05) is 6.92 Å². The van der Waals surface area contributed by atoms with Gasteiger partial charge in [0.2, 0.25) is 10.0 Å². The number of nitrogens with zero attached hydrogens (tertiary/aromatic N) is 2. The summed E-state index contributed by atoms with van der Waals surface area (Å²) in [6.45, 7) is 1.93. The Morgan fingerprint density at radius 2 is 1.62 bits per heavy atom. The molecule has 0 bridgehead atoms. The topological polar surface area (TPSA) is 97.3 Å². The van der Waals surface area contributed by atoms with Crippen molar-refractivity contribution in [2.45, 2.75) is 13.3 Å². The van der Waals surface area contributed by atoms with E-state index in [1.54, 1.807) is 50.6 Å². The van der Waals surface area contributed by atoms with E-state index in [1.165, 1.54) is 7.05 Å². The average Bonchev–Trinajstić information content (AvgIpc) is 2.72. The third-order valence-electron chi connectivity index (χ3n) is 4.33. The van der Waals surface area contributed by atoms with Crippen LogP contribution >= 0.6 is 0 Å². The Morgan fingerprint density at radius 3 is 2.14 bits per heavy atom. The SMILES string of the molecule is CC/C(=N/NC(=O)c1ccc(N(C)S(C)(=O)=O)cc1)c1ccc(OC)c(OC)c1. The van der Waals surface area contributed by atoms with Crippen molar-refractivity contribution in [1.82, 2.24) is 5.43 Å². The number of rotatable bonds is 8.